The highest BCUT2D eigenvalue weighted by atomic mass is 16.5. The largest absolute Gasteiger partial charge is 0.494 e. The Kier molecular flexibility index (Phi) is 9.21. The van der Waals surface area contributed by atoms with Gasteiger partial charge < -0.3 is 9.47 Å². The fourth-order valence-electron chi connectivity index (χ4n) is 4.69. The number of pyridine rings is 2. The molecule has 2 heterocycles. The van der Waals surface area contributed by atoms with E-state index in [2.05, 4.69) is 73.8 Å². The lowest BCUT2D eigenvalue weighted by Crippen LogP contribution is -1.97. The fourth-order valence-corrected chi connectivity index (χ4v) is 4.69. The van der Waals surface area contributed by atoms with Crippen LogP contribution in [0.3, 0.4) is 0 Å². The monoisotopic (exact) mass is 528 g/mol. The first-order chi connectivity index (χ1) is 19.7. The molecule has 2 aromatic heterocycles. The molecule has 0 N–H and O–H groups in total. The van der Waals surface area contributed by atoms with Gasteiger partial charge in [0, 0.05) is 21.9 Å². The van der Waals surface area contributed by atoms with Gasteiger partial charge in [0.2, 0.25) is 0 Å². The molecule has 0 unspecified atom stereocenters. The molecule has 5 aromatic rings. The maximum atomic E-state index is 5.89. The molecule has 4 heteroatoms. The molecule has 0 fully saturated rings. The molecule has 0 amide bonds. The average Bonchev–Trinajstić information content (AvgIpc) is 3.01. The minimum absolute atomic E-state index is 0.716. The Morgan fingerprint density at radius 2 is 0.900 bits per heavy atom. The van der Waals surface area contributed by atoms with Gasteiger partial charge in [-0.1, -0.05) is 36.4 Å². The predicted molar refractivity (Wildman–Crippen MR) is 167 cm³/mol. The van der Waals surface area contributed by atoms with Crippen molar-refractivity contribution in [3.05, 3.63) is 110 Å². The van der Waals surface area contributed by atoms with Crippen molar-refractivity contribution in [1.29, 1.82) is 0 Å². The van der Waals surface area contributed by atoms with Crippen molar-refractivity contribution in [2.45, 2.75) is 38.5 Å². The zero-order chi connectivity index (χ0) is 27.6. The first-order valence-corrected chi connectivity index (χ1v) is 14.1. The lowest BCUT2D eigenvalue weighted by Gasteiger charge is -2.10. The zero-order valence-electron chi connectivity index (χ0n) is 23.0. The van der Waals surface area contributed by atoms with Crippen LogP contribution in [-0.4, -0.2) is 23.2 Å². The summed E-state index contributed by atoms with van der Waals surface area (Å²) in [7, 11) is 0. The van der Waals surface area contributed by atoms with E-state index in [4.69, 9.17) is 19.4 Å². The Hall–Kier alpha value is -4.44. The topological polar surface area (TPSA) is 44.2 Å². The van der Waals surface area contributed by atoms with Gasteiger partial charge in [-0.25, -0.2) is 9.97 Å². The predicted octanol–water partition coefficient (Wildman–Crippen LogP) is 9.59. The molecule has 0 aliphatic heterocycles. The standard InChI is InChI=1S/C36H36N2O2/c1-3-5-7-9-25-39-31-19-13-27(14-20-31)33-23-17-29-11-12-30-18-24-34(38-36(30)35(29)37-33)28-15-21-32(22-16-28)40-26-10-8-6-4-2/h3-4,11-24H,1-2,5-10,25-26H2. The molecule has 202 valence electrons. The van der Waals surface area contributed by atoms with Crippen molar-refractivity contribution in [3.8, 4) is 34.0 Å². The number of aromatic nitrogens is 2. The third kappa shape index (κ3) is 6.76. The van der Waals surface area contributed by atoms with Crippen LogP contribution in [0.1, 0.15) is 38.5 Å². The molecule has 0 bridgehead atoms. The van der Waals surface area contributed by atoms with Gasteiger partial charge in [-0.2, -0.15) is 0 Å². The van der Waals surface area contributed by atoms with E-state index in [-0.39, 0.29) is 0 Å². The van der Waals surface area contributed by atoms with Crippen LogP contribution in [0.5, 0.6) is 11.5 Å². The summed E-state index contributed by atoms with van der Waals surface area (Å²) in [5, 5.41) is 2.14. The molecule has 0 radical (unpaired) electrons. The smallest absolute Gasteiger partial charge is 0.119 e. The molecule has 0 aliphatic carbocycles. The van der Waals surface area contributed by atoms with Gasteiger partial charge in [0.25, 0.3) is 0 Å². The number of allylic oxidation sites excluding steroid dienone is 2. The van der Waals surface area contributed by atoms with E-state index in [0.717, 1.165) is 94.3 Å². The summed E-state index contributed by atoms with van der Waals surface area (Å²) in [5.41, 5.74) is 5.74. The number of rotatable bonds is 14. The normalized spacial score (nSPS) is 11.0. The first kappa shape index (κ1) is 27.1. The van der Waals surface area contributed by atoms with E-state index in [9.17, 15) is 0 Å². The summed E-state index contributed by atoms with van der Waals surface area (Å²) in [6.45, 7) is 8.97. The lowest BCUT2D eigenvalue weighted by molar-refractivity contribution is 0.307. The summed E-state index contributed by atoms with van der Waals surface area (Å²) in [4.78, 5) is 10.1. The zero-order valence-corrected chi connectivity index (χ0v) is 23.0. The second kappa shape index (κ2) is 13.6. The molecule has 4 nitrogen and oxygen atoms in total. The van der Waals surface area contributed by atoms with E-state index >= 15 is 0 Å². The highest BCUT2D eigenvalue weighted by molar-refractivity contribution is 6.04. The number of hydrogen-bond acceptors (Lipinski definition) is 4. The van der Waals surface area contributed by atoms with Crippen LogP contribution in [0.4, 0.5) is 0 Å². The van der Waals surface area contributed by atoms with Gasteiger partial charge >= 0.3 is 0 Å². The van der Waals surface area contributed by atoms with Crippen molar-refractivity contribution in [2.24, 2.45) is 0 Å². The van der Waals surface area contributed by atoms with Crippen molar-refractivity contribution in [3.63, 3.8) is 0 Å². The van der Waals surface area contributed by atoms with Crippen LogP contribution < -0.4 is 9.47 Å². The van der Waals surface area contributed by atoms with Gasteiger partial charge in [0.05, 0.1) is 35.6 Å². The minimum atomic E-state index is 0.716. The second-order valence-electron chi connectivity index (χ2n) is 9.92. The molecule has 0 atom stereocenters. The highest BCUT2D eigenvalue weighted by Crippen LogP contribution is 2.30. The average molecular weight is 529 g/mol. The van der Waals surface area contributed by atoms with Crippen LogP contribution in [0.25, 0.3) is 44.3 Å². The Bertz CT molecular complexity index is 1450. The van der Waals surface area contributed by atoms with E-state index in [1.54, 1.807) is 0 Å². The van der Waals surface area contributed by atoms with E-state index in [0.29, 0.717) is 13.2 Å². The van der Waals surface area contributed by atoms with E-state index in [1.807, 2.05) is 36.4 Å². The summed E-state index contributed by atoms with van der Waals surface area (Å²) >= 11 is 0. The van der Waals surface area contributed by atoms with Crippen molar-refractivity contribution in [1.82, 2.24) is 9.97 Å². The van der Waals surface area contributed by atoms with Gasteiger partial charge in [0.15, 0.2) is 0 Å². The number of hydrogen-bond donors (Lipinski definition) is 0. The van der Waals surface area contributed by atoms with Gasteiger partial charge in [0.1, 0.15) is 11.5 Å². The number of nitrogens with zero attached hydrogens (tertiary/aromatic N) is 2. The molecule has 3 aromatic carbocycles. The SMILES string of the molecule is C=CCCCCOc1ccc(-c2ccc3ccc4ccc(-c5ccc(OCCCCC=C)cc5)nc4c3n2)cc1. The highest BCUT2D eigenvalue weighted by Gasteiger charge is 2.09. The Morgan fingerprint density at radius 1 is 0.500 bits per heavy atom. The van der Waals surface area contributed by atoms with Crippen molar-refractivity contribution < 1.29 is 9.47 Å². The van der Waals surface area contributed by atoms with Gasteiger partial charge in [-0.05, 0) is 99.2 Å². The molecule has 40 heavy (non-hydrogen) atoms. The number of fused-ring (bicyclic) bond motifs is 3. The molecular formula is C36H36N2O2. The molecule has 0 spiro atoms. The Balaban J connectivity index is 1.35. The Labute approximate surface area is 237 Å². The minimum Gasteiger partial charge on any atom is -0.494 e. The van der Waals surface area contributed by atoms with E-state index in [1.165, 1.54) is 0 Å². The van der Waals surface area contributed by atoms with Crippen LogP contribution in [0.2, 0.25) is 0 Å². The summed E-state index contributed by atoms with van der Waals surface area (Å²) in [6, 6.07) is 28.9. The van der Waals surface area contributed by atoms with Crippen LogP contribution in [0, 0.1) is 0 Å². The summed E-state index contributed by atoms with van der Waals surface area (Å²) in [5.74, 6) is 1.76. The van der Waals surface area contributed by atoms with E-state index < -0.39 is 0 Å². The number of benzene rings is 3. The molecule has 0 aliphatic rings. The van der Waals surface area contributed by atoms with Crippen molar-refractivity contribution in [2.75, 3.05) is 13.2 Å². The van der Waals surface area contributed by atoms with Crippen molar-refractivity contribution >= 4 is 21.8 Å². The van der Waals surface area contributed by atoms with Gasteiger partial charge in [-0.3, -0.25) is 0 Å². The summed E-state index contributed by atoms with van der Waals surface area (Å²) < 4.78 is 11.8. The maximum absolute atomic E-state index is 5.89. The Morgan fingerprint density at radius 3 is 1.30 bits per heavy atom. The second-order valence-corrected chi connectivity index (χ2v) is 9.92. The lowest BCUT2D eigenvalue weighted by atomic mass is 10.1. The maximum Gasteiger partial charge on any atom is 0.119 e. The number of unbranched alkanes of at least 4 members (excludes halogenated alkanes) is 4. The number of ether oxygens (including phenoxy) is 2. The fraction of sp³-hybridized carbons (Fsp3) is 0.222. The van der Waals surface area contributed by atoms with Crippen LogP contribution >= 0.6 is 0 Å². The van der Waals surface area contributed by atoms with Crippen LogP contribution in [-0.2, 0) is 0 Å². The third-order valence-electron chi connectivity index (χ3n) is 6.96. The summed E-state index contributed by atoms with van der Waals surface area (Å²) in [6.07, 6.45) is 10.2. The molecule has 0 saturated carbocycles. The molecular weight excluding hydrogens is 492 g/mol. The van der Waals surface area contributed by atoms with Gasteiger partial charge in [-0.15, -0.1) is 13.2 Å². The molecule has 0 saturated heterocycles. The van der Waals surface area contributed by atoms with Crippen LogP contribution in [0.15, 0.2) is 110 Å². The quantitative estimate of drug-likeness (QED) is 0.0817. The first-order valence-electron chi connectivity index (χ1n) is 14.1. The third-order valence-corrected chi connectivity index (χ3v) is 6.96. The molecule has 5 rings (SSSR count).